The van der Waals surface area contributed by atoms with Crippen LogP contribution in [0.2, 0.25) is 0 Å². The average Bonchev–Trinajstić information content (AvgIpc) is 3.14. The molecule has 4 nitrogen and oxygen atoms in total. The van der Waals surface area contributed by atoms with E-state index in [0.29, 0.717) is 58.4 Å². The number of rotatable bonds is 1. The molecule has 4 saturated heterocycles. The number of halogens is 4. The van der Waals surface area contributed by atoms with Gasteiger partial charge in [-0.3, -0.25) is 0 Å². The fraction of sp³-hybridized carbons (Fsp3) is 0.571. The van der Waals surface area contributed by atoms with Gasteiger partial charge in [0.2, 0.25) is 0 Å². The fourth-order valence-corrected chi connectivity index (χ4v) is 13.3. The molecule has 0 bridgehead atoms. The van der Waals surface area contributed by atoms with Crippen molar-refractivity contribution in [2.75, 3.05) is 52.4 Å². The molecule has 4 aliphatic heterocycles. The molecule has 0 aliphatic carbocycles. The van der Waals surface area contributed by atoms with Crippen LogP contribution < -0.4 is 5.30 Å². The van der Waals surface area contributed by atoms with Gasteiger partial charge in [-0.25, -0.2) is 0 Å². The molecule has 0 saturated carbocycles. The summed E-state index contributed by atoms with van der Waals surface area (Å²) in [6.45, 7) is 5.46. The number of nitrogens with zero attached hydrogens (tertiary/aromatic N) is 4. The van der Waals surface area contributed by atoms with Crippen molar-refractivity contribution >= 4 is 12.5 Å². The normalized spacial score (nSPS) is 31.2. The van der Waals surface area contributed by atoms with Crippen molar-refractivity contribution < 1.29 is 17.6 Å². The molecular formula is C14H17F4N4P. The zero-order valence-corrected chi connectivity index (χ0v) is 13.4. The Morgan fingerprint density at radius 2 is 0.913 bits per heavy atom. The molecule has 23 heavy (non-hydrogen) atoms. The van der Waals surface area contributed by atoms with E-state index in [4.69, 9.17) is 0 Å². The summed E-state index contributed by atoms with van der Waals surface area (Å²) in [7, 11) is -3.64. The SMILES string of the molecule is Fc1cc(F)c(F)c(P234N5CCN2CCN3CCN4CC5)c1F. The van der Waals surface area contributed by atoms with E-state index in [2.05, 4.69) is 18.7 Å². The topological polar surface area (TPSA) is 13.0 Å². The van der Waals surface area contributed by atoms with E-state index in [0.717, 1.165) is 0 Å². The third-order valence-electron chi connectivity index (χ3n) is 6.04. The first kappa shape index (κ1) is 14.5. The van der Waals surface area contributed by atoms with Crippen molar-refractivity contribution in [3.05, 3.63) is 29.3 Å². The Balaban J connectivity index is 1.94. The van der Waals surface area contributed by atoms with Gasteiger partial charge in [0.1, 0.15) is 0 Å². The van der Waals surface area contributed by atoms with Crippen LogP contribution >= 0.6 is 7.21 Å². The number of hydrogen-bond acceptors (Lipinski definition) is 4. The van der Waals surface area contributed by atoms with Crippen LogP contribution in [0.1, 0.15) is 0 Å². The quantitative estimate of drug-likeness (QED) is 0.431. The Kier molecular flexibility index (Phi) is 2.68. The maximum absolute atomic E-state index is 14.9. The second-order valence-electron chi connectivity index (χ2n) is 6.57. The standard InChI is InChI=1S/C14H17F4N4P/c15-10-9-11(16)13(18)14(12(10)17)23-19-1-2-20(23)5-6-22(23)8-7-21(23)4-3-19/h9H,1-8H2. The molecule has 0 unspecified atom stereocenters. The van der Waals surface area contributed by atoms with Crippen molar-refractivity contribution in [2.45, 2.75) is 0 Å². The first-order chi connectivity index (χ1) is 11.0. The third-order valence-corrected chi connectivity index (χ3v) is 13.0. The van der Waals surface area contributed by atoms with Crippen molar-refractivity contribution in [2.24, 2.45) is 0 Å². The van der Waals surface area contributed by atoms with Gasteiger partial charge in [-0.1, -0.05) is 0 Å². The van der Waals surface area contributed by atoms with Crippen molar-refractivity contribution in [3.63, 3.8) is 0 Å². The van der Waals surface area contributed by atoms with Gasteiger partial charge in [-0.05, 0) is 0 Å². The Hall–Kier alpha value is -0.790. The van der Waals surface area contributed by atoms with Crippen LogP contribution in [0.15, 0.2) is 6.07 Å². The molecule has 4 aliphatic rings. The molecule has 0 aromatic heterocycles. The zero-order chi connectivity index (χ0) is 16.0. The minimum absolute atomic E-state index is 0.314. The molecule has 9 heteroatoms. The minimum atomic E-state index is -3.64. The monoisotopic (exact) mass is 348 g/mol. The second-order valence-corrected chi connectivity index (χ2v) is 11.2. The first-order valence-corrected chi connectivity index (χ1v) is 9.93. The van der Waals surface area contributed by atoms with Gasteiger partial charge in [0.05, 0.1) is 0 Å². The van der Waals surface area contributed by atoms with E-state index in [1.54, 1.807) is 0 Å². The predicted octanol–water partition coefficient (Wildman–Crippen LogP) is 1.34. The average molecular weight is 348 g/mol. The van der Waals surface area contributed by atoms with Gasteiger partial charge >= 0.3 is 130 Å². The van der Waals surface area contributed by atoms with Crippen LogP contribution in [0.3, 0.4) is 0 Å². The summed E-state index contributed by atoms with van der Waals surface area (Å²) in [5, 5.41) is -0.362. The summed E-state index contributed by atoms with van der Waals surface area (Å²) < 4.78 is 66.3. The molecule has 1 aromatic carbocycles. The van der Waals surface area contributed by atoms with Gasteiger partial charge in [-0.15, -0.1) is 0 Å². The van der Waals surface area contributed by atoms with Crippen LogP contribution in [0.25, 0.3) is 0 Å². The summed E-state index contributed by atoms with van der Waals surface area (Å²) in [5.74, 6) is -5.06. The molecule has 4 fully saturated rings. The maximum atomic E-state index is 14.9. The van der Waals surface area contributed by atoms with Crippen LogP contribution in [0, 0.1) is 23.3 Å². The van der Waals surface area contributed by atoms with E-state index in [-0.39, 0.29) is 5.30 Å². The molecule has 1 spiro atoms. The van der Waals surface area contributed by atoms with Gasteiger partial charge < -0.3 is 0 Å². The van der Waals surface area contributed by atoms with Crippen LogP contribution in [-0.2, 0) is 0 Å². The Bertz CT molecular complexity index is 627. The Morgan fingerprint density at radius 3 is 1.22 bits per heavy atom. The molecule has 1 aromatic rings. The third kappa shape index (κ3) is 1.25. The van der Waals surface area contributed by atoms with Crippen LogP contribution in [0.5, 0.6) is 0 Å². The molecule has 0 amide bonds. The zero-order valence-electron chi connectivity index (χ0n) is 12.5. The number of hydrogen-bond donors (Lipinski definition) is 0. The van der Waals surface area contributed by atoms with E-state index < -0.39 is 30.5 Å². The summed E-state index contributed by atoms with van der Waals surface area (Å²) >= 11 is 0. The van der Waals surface area contributed by atoms with Crippen LogP contribution in [0.4, 0.5) is 17.6 Å². The van der Waals surface area contributed by atoms with Gasteiger partial charge in [0, 0.05) is 0 Å². The summed E-state index contributed by atoms with van der Waals surface area (Å²) in [5.41, 5.74) is 0. The van der Waals surface area contributed by atoms with Gasteiger partial charge in [-0.2, -0.15) is 0 Å². The summed E-state index contributed by atoms with van der Waals surface area (Å²) in [6.07, 6.45) is 0. The molecule has 0 radical (unpaired) electrons. The summed E-state index contributed by atoms with van der Waals surface area (Å²) in [6, 6.07) is 0.314. The predicted molar refractivity (Wildman–Crippen MR) is 79.1 cm³/mol. The second kappa shape index (κ2) is 4.24. The van der Waals surface area contributed by atoms with Crippen molar-refractivity contribution in [3.8, 4) is 0 Å². The van der Waals surface area contributed by atoms with E-state index in [9.17, 15) is 17.6 Å². The Morgan fingerprint density at radius 1 is 0.609 bits per heavy atom. The molecule has 4 heterocycles. The van der Waals surface area contributed by atoms with Gasteiger partial charge in [0.25, 0.3) is 0 Å². The molecule has 0 atom stereocenters. The molecule has 5 rings (SSSR count). The van der Waals surface area contributed by atoms with Crippen LogP contribution in [-0.4, -0.2) is 71.0 Å². The van der Waals surface area contributed by atoms with E-state index in [1.165, 1.54) is 0 Å². The van der Waals surface area contributed by atoms with Crippen molar-refractivity contribution in [1.82, 2.24) is 18.7 Å². The van der Waals surface area contributed by atoms with Gasteiger partial charge in [0.15, 0.2) is 0 Å². The first-order valence-electron chi connectivity index (χ1n) is 7.89. The van der Waals surface area contributed by atoms with E-state index in [1.807, 2.05) is 0 Å². The number of benzene rings is 1. The Labute approximate surface area is 131 Å². The van der Waals surface area contributed by atoms with E-state index >= 15 is 0 Å². The molecule has 0 N–H and O–H groups in total. The fourth-order valence-electron chi connectivity index (χ4n) is 5.39. The molecule has 126 valence electrons. The summed E-state index contributed by atoms with van der Waals surface area (Å²) in [4.78, 5) is 0. The van der Waals surface area contributed by atoms with Crippen molar-refractivity contribution in [1.29, 1.82) is 0 Å². The molecular weight excluding hydrogens is 331 g/mol.